The highest BCUT2D eigenvalue weighted by atomic mass is 16.5. The normalized spacial score (nSPS) is 13.7. The molecule has 0 radical (unpaired) electrons. The van der Waals surface area contributed by atoms with E-state index in [1.54, 1.807) is 29.9 Å². The molecule has 0 atom stereocenters. The molecule has 0 aromatic carbocycles. The quantitative estimate of drug-likeness (QED) is 0.724. The zero-order chi connectivity index (χ0) is 14.4. The molecule has 0 saturated heterocycles. The van der Waals surface area contributed by atoms with E-state index in [1.807, 2.05) is 0 Å². The SMILES string of the molecule is COCCN(CCOC)C(=O)c1cc2n(n1)CCCO2. The fraction of sp³-hybridized carbons (Fsp3) is 0.692. The zero-order valence-corrected chi connectivity index (χ0v) is 12.0. The van der Waals surface area contributed by atoms with Crippen molar-refractivity contribution in [3.8, 4) is 5.88 Å². The van der Waals surface area contributed by atoms with Crippen LogP contribution in [0.2, 0.25) is 0 Å². The minimum atomic E-state index is -0.121. The molecule has 2 rings (SSSR count). The number of aromatic nitrogens is 2. The molecule has 0 unspecified atom stereocenters. The lowest BCUT2D eigenvalue weighted by Crippen LogP contribution is -2.36. The minimum Gasteiger partial charge on any atom is -0.478 e. The Balaban J connectivity index is 2.07. The van der Waals surface area contributed by atoms with Crippen molar-refractivity contribution >= 4 is 5.91 Å². The molecule has 0 saturated carbocycles. The van der Waals surface area contributed by atoms with Crippen molar-refractivity contribution in [1.82, 2.24) is 14.7 Å². The third kappa shape index (κ3) is 3.49. The summed E-state index contributed by atoms with van der Waals surface area (Å²) in [6.45, 7) is 3.47. The second kappa shape index (κ2) is 7.25. The number of carbonyl (C=O) groups is 1. The number of amides is 1. The van der Waals surface area contributed by atoms with Crippen molar-refractivity contribution in [3.05, 3.63) is 11.8 Å². The van der Waals surface area contributed by atoms with Crippen LogP contribution in [0, 0.1) is 0 Å². The molecule has 1 aromatic heterocycles. The van der Waals surface area contributed by atoms with E-state index in [-0.39, 0.29) is 5.91 Å². The van der Waals surface area contributed by atoms with Gasteiger partial charge in [0.2, 0.25) is 5.88 Å². The van der Waals surface area contributed by atoms with Crippen LogP contribution in [0.25, 0.3) is 0 Å². The highest BCUT2D eigenvalue weighted by Gasteiger charge is 2.22. The van der Waals surface area contributed by atoms with Gasteiger partial charge in [-0.2, -0.15) is 5.10 Å². The summed E-state index contributed by atoms with van der Waals surface area (Å²) in [5.74, 6) is 0.544. The Morgan fingerprint density at radius 2 is 2.10 bits per heavy atom. The van der Waals surface area contributed by atoms with Crippen LogP contribution in [-0.2, 0) is 16.0 Å². The molecular formula is C13H21N3O4. The van der Waals surface area contributed by atoms with Gasteiger partial charge in [0.25, 0.3) is 5.91 Å². The summed E-state index contributed by atoms with van der Waals surface area (Å²) in [6, 6.07) is 1.70. The number of ether oxygens (including phenoxy) is 3. The molecule has 0 bridgehead atoms. The van der Waals surface area contributed by atoms with Gasteiger partial charge in [-0.1, -0.05) is 0 Å². The van der Waals surface area contributed by atoms with Crippen LogP contribution in [-0.4, -0.2) is 67.7 Å². The van der Waals surface area contributed by atoms with Crippen molar-refractivity contribution < 1.29 is 19.0 Å². The summed E-state index contributed by atoms with van der Waals surface area (Å²) < 4.78 is 17.3. The van der Waals surface area contributed by atoms with Gasteiger partial charge in [-0.3, -0.25) is 4.79 Å². The Labute approximate surface area is 118 Å². The first-order valence-corrected chi connectivity index (χ1v) is 6.74. The Morgan fingerprint density at radius 3 is 2.70 bits per heavy atom. The van der Waals surface area contributed by atoms with Crippen LogP contribution in [0.15, 0.2) is 6.07 Å². The molecule has 0 spiro atoms. The topological polar surface area (TPSA) is 65.8 Å². The summed E-state index contributed by atoms with van der Waals surface area (Å²) in [4.78, 5) is 14.1. The van der Waals surface area contributed by atoms with Crippen molar-refractivity contribution in [2.75, 3.05) is 47.1 Å². The molecule has 0 aliphatic carbocycles. The summed E-state index contributed by atoms with van der Waals surface area (Å²) in [5, 5.41) is 4.31. The number of fused-ring (bicyclic) bond motifs is 1. The molecule has 7 nitrogen and oxygen atoms in total. The van der Waals surface area contributed by atoms with E-state index in [1.165, 1.54) is 0 Å². The molecule has 112 valence electrons. The fourth-order valence-electron chi connectivity index (χ4n) is 2.05. The van der Waals surface area contributed by atoms with Crippen LogP contribution in [0.4, 0.5) is 0 Å². The molecule has 1 aromatic rings. The lowest BCUT2D eigenvalue weighted by atomic mass is 10.3. The van der Waals surface area contributed by atoms with E-state index in [0.717, 1.165) is 13.0 Å². The van der Waals surface area contributed by atoms with Gasteiger partial charge in [0.05, 0.1) is 19.8 Å². The Morgan fingerprint density at radius 1 is 1.40 bits per heavy atom. The van der Waals surface area contributed by atoms with E-state index >= 15 is 0 Å². The smallest absolute Gasteiger partial charge is 0.274 e. The Bertz CT molecular complexity index is 415. The van der Waals surface area contributed by atoms with Crippen molar-refractivity contribution in [2.24, 2.45) is 0 Å². The van der Waals surface area contributed by atoms with Crippen molar-refractivity contribution in [1.29, 1.82) is 0 Å². The van der Waals surface area contributed by atoms with Crippen LogP contribution >= 0.6 is 0 Å². The summed E-state index contributed by atoms with van der Waals surface area (Å²) >= 11 is 0. The number of hydrogen-bond donors (Lipinski definition) is 0. The Hall–Kier alpha value is -1.60. The van der Waals surface area contributed by atoms with Gasteiger partial charge >= 0.3 is 0 Å². The van der Waals surface area contributed by atoms with Gasteiger partial charge in [0.1, 0.15) is 0 Å². The van der Waals surface area contributed by atoms with E-state index < -0.39 is 0 Å². The zero-order valence-electron chi connectivity index (χ0n) is 12.0. The third-order valence-electron chi connectivity index (χ3n) is 3.14. The molecule has 1 aliphatic rings. The maximum absolute atomic E-state index is 12.5. The van der Waals surface area contributed by atoms with Gasteiger partial charge in [-0.05, 0) is 0 Å². The highest BCUT2D eigenvalue weighted by Crippen LogP contribution is 2.19. The lowest BCUT2D eigenvalue weighted by molar-refractivity contribution is 0.0621. The average Bonchev–Trinajstić information content (AvgIpc) is 2.90. The highest BCUT2D eigenvalue weighted by molar-refractivity contribution is 5.92. The van der Waals surface area contributed by atoms with E-state index in [0.29, 0.717) is 44.5 Å². The first kappa shape index (κ1) is 14.8. The predicted molar refractivity (Wildman–Crippen MR) is 72.0 cm³/mol. The molecule has 1 amide bonds. The molecule has 7 heteroatoms. The van der Waals surface area contributed by atoms with Gasteiger partial charge in [0.15, 0.2) is 5.69 Å². The number of hydrogen-bond acceptors (Lipinski definition) is 5. The molecule has 2 heterocycles. The number of aryl methyl sites for hydroxylation is 1. The van der Waals surface area contributed by atoms with Crippen molar-refractivity contribution in [2.45, 2.75) is 13.0 Å². The summed E-state index contributed by atoms with van der Waals surface area (Å²) in [7, 11) is 3.23. The first-order valence-electron chi connectivity index (χ1n) is 6.74. The lowest BCUT2D eigenvalue weighted by Gasteiger charge is -2.20. The van der Waals surface area contributed by atoms with Gasteiger partial charge in [0, 0.05) is 46.3 Å². The molecule has 0 fully saturated rings. The molecule has 0 N–H and O–H groups in total. The summed E-state index contributed by atoms with van der Waals surface area (Å²) in [6.07, 6.45) is 0.916. The van der Waals surface area contributed by atoms with E-state index in [9.17, 15) is 4.79 Å². The Kier molecular flexibility index (Phi) is 5.37. The summed E-state index contributed by atoms with van der Waals surface area (Å²) in [5.41, 5.74) is 0.411. The average molecular weight is 283 g/mol. The fourth-order valence-corrected chi connectivity index (χ4v) is 2.05. The number of rotatable bonds is 7. The largest absolute Gasteiger partial charge is 0.478 e. The third-order valence-corrected chi connectivity index (χ3v) is 3.14. The number of nitrogens with zero attached hydrogens (tertiary/aromatic N) is 3. The van der Waals surface area contributed by atoms with Crippen molar-refractivity contribution in [3.63, 3.8) is 0 Å². The van der Waals surface area contributed by atoms with Gasteiger partial charge < -0.3 is 19.1 Å². The first-order chi connectivity index (χ1) is 9.76. The number of carbonyl (C=O) groups excluding carboxylic acids is 1. The van der Waals surface area contributed by atoms with Crippen LogP contribution in [0.1, 0.15) is 16.9 Å². The molecule has 20 heavy (non-hydrogen) atoms. The second-order valence-electron chi connectivity index (χ2n) is 4.57. The minimum absolute atomic E-state index is 0.121. The molecular weight excluding hydrogens is 262 g/mol. The van der Waals surface area contributed by atoms with Crippen LogP contribution < -0.4 is 4.74 Å². The van der Waals surface area contributed by atoms with Crippen LogP contribution in [0.5, 0.6) is 5.88 Å². The number of methoxy groups -OCH3 is 2. The predicted octanol–water partition coefficient (Wildman–Crippen LogP) is 0.401. The van der Waals surface area contributed by atoms with Gasteiger partial charge in [-0.25, -0.2) is 4.68 Å². The van der Waals surface area contributed by atoms with E-state index in [4.69, 9.17) is 14.2 Å². The van der Waals surface area contributed by atoms with Crippen LogP contribution in [0.3, 0.4) is 0 Å². The van der Waals surface area contributed by atoms with Gasteiger partial charge in [-0.15, -0.1) is 0 Å². The van der Waals surface area contributed by atoms with E-state index in [2.05, 4.69) is 5.10 Å². The standard InChI is InChI=1S/C13H21N3O4/c1-18-8-5-15(6-9-19-2)13(17)11-10-12-16(14-11)4-3-7-20-12/h10H,3-9H2,1-2H3. The molecule has 1 aliphatic heterocycles. The monoisotopic (exact) mass is 283 g/mol. The maximum atomic E-state index is 12.5. The maximum Gasteiger partial charge on any atom is 0.274 e. The second-order valence-corrected chi connectivity index (χ2v) is 4.57.